The first-order chi connectivity index (χ1) is 7.66. The first kappa shape index (κ1) is 10.4. The lowest BCUT2D eigenvalue weighted by Gasteiger charge is -1.99. The van der Waals surface area contributed by atoms with Crippen LogP contribution in [-0.2, 0) is 11.3 Å². The van der Waals surface area contributed by atoms with E-state index in [0.717, 1.165) is 11.1 Å². The van der Waals surface area contributed by atoms with Crippen molar-refractivity contribution in [3.63, 3.8) is 0 Å². The van der Waals surface area contributed by atoms with Crippen molar-refractivity contribution in [3.8, 4) is 11.4 Å². The van der Waals surface area contributed by atoms with Gasteiger partial charge in [0.1, 0.15) is 12.9 Å². The molecule has 5 heteroatoms. The van der Waals surface area contributed by atoms with E-state index >= 15 is 0 Å². The molecule has 0 fully saturated rings. The summed E-state index contributed by atoms with van der Waals surface area (Å²) in [4.78, 5) is 14.6. The van der Waals surface area contributed by atoms with E-state index in [0.29, 0.717) is 5.82 Å². The normalized spacial score (nSPS) is 10.3. The van der Waals surface area contributed by atoms with Crippen molar-refractivity contribution in [1.29, 1.82) is 0 Å². The van der Waals surface area contributed by atoms with Gasteiger partial charge in [-0.05, 0) is 12.5 Å². The van der Waals surface area contributed by atoms with Gasteiger partial charge >= 0.3 is 5.97 Å². The minimum atomic E-state index is -0.929. The fraction of sp³-hybridized carbons (Fsp3) is 0.182. The Labute approximate surface area is 92.4 Å². The van der Waals surface area contributed by atoms with Crippen LogP contribution in [0.4, 0.5) is 0 Å². The van der Waals surface area contributed by atoms with Crippen LogP contribution in [0.1, 0.15) is 5.56 Å². The molecule has 2 rings (SSSR count). The highest BCUT2D eigenvalue weighted by atomic mass is 16.4. The zero-order valence-electron chi connectivity index (χ0n) is 8.79. The summed E-state index contributed by atoms with van der Waals surface area (Å²) in [5.74, 6) is -0.374. The number of aliphatic carboxylic acids is 1. The van der Waals surface area contributed by atoms with Gasteiger partial charge in [0.25, 0.3) is 0 Å². The van der Waals surface area contributed by atoms with Crippen molar-refractivity contribution >= 4 is 5.97 Å². The second kappa shape index (κ2) is 4.14. The first-order valence-corrected chi connectivity index (χ1v) is 4.84. The number of hydrogen-bond acceptors (Lipinski definition) is 3. The van der Waals surface area contributed by atoms with Crippen LogP contribution in [0.15, 0.2) is 30.6 Å². The third-order valence-electron chi connectivity index (χ3n) is 2.22. The van der Waals surface area contributed by atoms with E-state index in [1.54, 1.807) is 0 Å². The average Bonchev–Trinajstić information content (AvgIpc) is 2.66. The highest BCUT2D eigenvalue weighted by Crippen LogP contribution is 2.18. The Morgan fingerprint density at radius 1 is 1.44 bits per heavy atom. The lowest BCUT2D eigenvalue weighted by molar-refractivity contribution is -0.137. The van der Waals surface area contributed by atoms with Crippen LogP contribution in [0.5, 0.6) is 0 Å². The third kappa shape index (κ3) is 2.08. The molecule has 0 saturated heterocycles. The monoisotopic (exact) mass is 217 g/mol. The average molecular weight is 217 g/mol. The van der Waals surface area contributed by atoms with Gasteiger partial charge in [0.05, 0.1) is 0 Å². The fourth-order valence-electron chi connectivity index (χ4n) is 1.46. The Balaban J connectivity index is 2.32. The molecule has 0 atom stereocenters. The molecule has 0 radical (unpaired) electrons. The van der Waals surface area contributed by atoms with Gasteiger partial charge in [0.2, 0.25) is 0 Å². The summed E-state index contributed by atoms with van der Waals surface area (Å²) >= 11 is 0. The van der Waals surface area contributed by atoms with E-state index in [1.165, 1.54) is 11.0 Å². The molecule has 0 saturated carbocycles. The minimum absolute atomic E-state index is 0.168. The SMILES string of the molecule is Cc1ccccc1-c1ncn(CC(=O)O)n1. The zero-order chi connectivity index (χ0) is 11.5. The molecule has 0 aliphatic carbocycles. The molecular weight excluding hydrogens is 206 g/mol. The molecule has 5 nitrogen and oxygen atoms in total. The van der Waals surface area contributed by atoms with E-state index < -0.39 is 5.97 Å². The summed E-state index contributed by atoms with van der Waals surface area (Å²) in [6.45, 7) is 1.80. The van der Waals surface area contributed by atoms with Crippen LogP contribution < -0.4 is 0 Å². The number of benzene rings is 1. The Bertz CT molecular complexity index is 519. The maximum absolute atomic E-state index is 10.5. The van der Waals surface area contributed by atoms with E-state index in [9.17, 15) is 4.79 Å². The molecule has 0 aliphatic heterocycles. The van der Waals surface area contributed by atoms with Crippen molar-refractivity contribution in [3.05, 3.63) is 36.2 Å². The van der Waals surface area contributed by atoms with Gasteiger partial charge in [0, 0.05) is 5.56 Å². The lowest BCUT2D eigenvalue weighted by atomic mass is 10.1. The van der Waals surface area contributed by atoms with Crippen molar-refractivity contribution in [2.24, 2.45) is 0 Å². The number of carbonyl (C=O) groups is 1. The Kier molecular flexibility index (Phi) is 2.68. The highest BCUT2D eigenvalue weighted by Gasteiger charge is 2.07. The van der Waals surface area contributed by atoms with Crippen LogP contribution in [0, 0.1) is 6.92 Å². The van der Waals surface area contributed by atoms with E-state index in [4.69, 9.17) is 5.11 Å². The number of aryl methyl sites for hydroxylation is 1. The van der Waals surface area contributed by atoms with Crippen LogP contribution in [0.25, 0.3) is 11.4 Å². The quantitative estimate of drug-likeness (QED) is 0.842. The molecule has 1 N–H and O–H groups in total. The summed E-state index contributed by atoms with van der Waals surface area (Å²) in [5, 5.41) is 12.7. The standard InChI is InChI=1S/C11H11N3O2/c1-8-4-2-3-5-9(8)11-12-7-14(13-11)6-10(15)16/h2-5,7H,6H2,1H3,(H,15,16). The first-order valence-electron chi connectivity index (χ1n) is 4.84. The predicted octanol–water partition coefficient (Wildman–Crippen LogP) is 1.34. The highest BCUT2D eigenvalue weighted by molar-refractivity contribution is 5.66. The summed E-state index contributed by atoms with van der Waals surface area (Å²) in [5.41, 5.74) is 1.99. The summed E-state index contributed by atoms with van der Waals surface area (Å²) in [7, 11) is 0. The van der Waals surface area contributed by atoms with Gasteiger partial charge in [-0.25, -0.2) is 9.67 Å². The van der Waals surface area contributed by atoms with Crippen LogP contribution >= 0.6 is 0 Å². The van der Waals surface area contributed by atoms with Gasteiger partial charge in [-0.15, -0.1) is 0 Å². The van der Waals surface area contributed by atoms with E-state index in [1.807, 2.05) is 31.2 Å². The number of aromatic nitrogens is 3. The van der Waals surface area contributed by atoms with Gasteiger partial charge in [-0.2, -0.15) is 5.10 Å². The van der Waals surface area contributed by atoms with Crippen LogP contribution in [-0.4, -0.2) is 25.8 Å². The van der Waals surface area contributed by atoms with Crippen molar-refractivity contribution in [2.45, 2.75) is 13.5 Å². The van der Waals surface area contributed by atoms with Crippen molar-refractivity contribution < 1.29 is 9.90 Å². The molecule has 2 aromatic rings. The summed E-state index contributed by atoms with van der Waals surface area (Å²) in [6.07, 6.45) is 1.43. The Hall–Kier alpha value is -2.17. The molecule has 1 heterocycles. The minimum Gasteiger partial charge on any atom is -0.480 e. The van der Waals surface area contributed by atoms with Gasteiger partial charge in [0.15, 0.2) is 5.82 Å². The van der Waals surface area contributed by atoms with Crippen LogP contribution in [0.3, 0.4) is 0 Å². The van der Waals surface area contributed by atoms with Gasteiger partial charge < -0.3 is 5.11 Å². The lowest BCUT2D eigenvalue weighted by Crippen LogP contribution is -2.08. The molecular formula is C11H11N3O2. The number of carboxylic acids is 1. The largest absolute Gasteiger partial charge is 0.480 e. The summed E-state index contributed by atoms with van der Waals surface area (Å²) < 4.78 is 1.31. The Morgan fingerprint density at radius 2 is 2.19 bits per heavy atom. The number of hydrogen-bond donors (Lipinski definition) is 1. The fourth-order valence-corrected chi connectivity index (χ4v) is 1.46. The maximum Gasteiger partial charge on any atom is 0.325 e. The maximum atomic E-state index is 10.5. The molecule has 1 aromatic heterocycles. The van der Waals surface area contributed by atoms with E-state index in [2.05, 4.69) is 10.1 Å². The van der Waals surface area contributed by atoms with E-state index in [-0.39, 0.29) is 6.54 Å². The molecule has 16 heavy (non-hydrogen) atoms. The number of carboxylic acid groups (broad SMARTS) is 1. The molecule has 0 amide bonds. The molecule has 1 aromatic carbocycles. The molecule has 0 spiro atoms. The molecule has 0 unspecified atom stereocenters. The zero-order valence-corrected chi connectivity index (χ0v) is 8.79. The number of rotatable bonds is 3. The third-order valence-corrected chi connectivity index (χ3v) is 2.22. The molecule has 0 bridgehead atoms. The second-order valence-electron chi connectivity index (χ2n) is 3.47. The second-order valence-corrected chi connectivity index (χ2v) is 3.47. The van der Waals surface area contributed by atoms with Crippen LogP contribution in [0.2, 0.25) is 0 Å². The Morgan fingerprint density at radius 3 is 2.88 bits per heavy atom. The van der Waals surface area contributed by atoms with Crippen molar-refractivity contribution in [1.82, 2.24) is 14.8 Å². The molecule has 0 aliphatic rings. The topological polar surface area (TPSA) is 68.0 Å². The predicted molar refractivity (Wildman–Crippen MR) is 57.8 cm³/mol. The van der Waals surface area contributed by atoms with Gasteiger partial charge in [-0.3, -0.25) is 4.79 Å². The summed E-state index contributed by atoms with van der Waals surface area (Å²) in [6, 6.07) is 7.72. The smallest absolute Gasteiger partial charge is 0.325 e. The molecule has 82 valence electrons. The van der Waals surface area contributed by atoms with Gasteiger partial charge in [-0.1, -0.05) is 24.3 Å². The number of nitrogens with zero attached hydrogens (tertiary/aromatic N) is 3. The van der Waals surface area contributed by atoms with Crippen molar-refractivity contribution in [2.75, 3.05) is 0 Å².